The molecule has 0 atom stereocenters. The van der Waals surface area contributed by atoms with Gasteiger partial charge >= 0.3 is 0 Å². The Kier molecular flexibility index (Phi) is 3.78. The maximum atomic E-state index is 5.93. The molecule has 0 aliphatic heterocycles. The molecule has 2 aromatic rings. The molecule has 6 heteroatoms. The Labute approximate surface area is 111 Å². The predicted octanol–water partition coefficient (Wildman–Crippen LogP) is 3.87. The van der Waals surface area contributed by atoms with Gasteiger partial charge in [0.15, 0.2) is 0 Å². The lowest BCUT2D eigenvalue weighted by Gasteiger charge is -2.05. The highest BCUT2D eigenvalue weighted by Gasteiger charge is 2.03. The lowest BCUT2D eigenvalue weighted by Crippen LogP contribution is -1.99. The van der Waals surface area contributed by atoms with Crippen LogP contribution in [0.2, 0.25) is 5.02 Å². The Balaban J connectivity index is 2.07. The zero-order chi connectivity index (χ0) is 11.5. The van der Waals surface area contributed by atoms with E-state index in [4.69, 9.17) is 11.6 Å². The highest BCUT2D eigenvalue weighted by molar-refractivity contribution is 9.10. The molecule has 0 saturated carbocycles. The third kappa shape index (κ3) is 2.93. The first-order valence-corrected chi connectivity index (χ1v) is 6.62. The van der Waals surface area contributed by atoms with Crippen molar-refractivity contribution >= 4 is 44.0 Å². The minimum Gasteiger partial charge on any atom is -0.356 e. The van der Waals surface area contributed by atoms with Crippen LogP contribution in [-0.2, 0) is 6.54 Å². The van der Waals surface area contributed by atoms with E-state index in [-0.39, 0.29) is 0 Å². The van der Waals surface area contributed by atoms with Crippen molar-refractivity contribution in [3.63, 3.8) is 0 Å². The van der Waals surface area contributed by atoms with E-state index in [0.29, 0.717) is 6.54 Å². The van der Waals surface area contributed by atoms with Crippen molar-refractivity contribution < 1.29 is 0 Å². The molecular weight excluding hydrogens is 310 g/mol. The van der Waals surface area contributed by atoms with Gasteiger partial charge in [0.2, 0.25) is 5.13 Å². The van der Waals surface area contributed by atoms with E-state index >= 15 is 0 Å². The average molecular weight is 319 g/mol. The Hall–Kier alpha value is -0.650. The fraction of sp³-hybridized carbons (Fsp3) is 0.200. The molecule has 84 valence electrons. The molecular formula is C10H9BrClN3S. The highest BCUT2D eigenvalue weighted by atomic mass is 79.9. The summed E-state index contributed by atoms with van der Waals surface area (Å²) in [5, 5.41) is 13.6. The van der Waals surface area contributed by atoms with Crippen LogP contribution in [0.4, 0.5) is 5.13 Å². The Bertz CT molecular complexity index is 501. The summed E-state index contributed by atoms with van der Waals surface area (Å²) >= 11 is 10.9. The van der Waals surface area contributed by atoms with Crippen LogP contribution in [0.5, 0.6) is 0 Å². The SMILES string of the molecule is Cc1nnc(NCc2cc(Cl)ccc2Br)s1. The standard InChI is InChI=1S/C10H9BrClN3S/c1-6-14-15-10(16-6)13-5-7-4-8(12)2-3-9(7)11/h2-4H,5H2,1H3,(H,13,15). The van der Waals surface area contributed by atoms with E-state index in [1.54, 1.807) is 0 Å². The number of nitrogens with one attached hydrogen (secondary N) is 1. The maximum Gasteiger partial charge on any atom is 0.205 e. The number of nitrogens with zero attached hydrogens (tertiary/aromatic N) is 2. The first-order chi connectivity index (χ1) is 7.65. The Morgan fingerprint density at radius 1 is 1.44 bits per heavy atom. The molecule has 0 fully saturated rings. The minimum atomic E-state index is 0.676. The van der Waals surface area contributed by atoms with Crippen molar-refractivity contribution in [2.75, 3.05) is 5.32 Å². The fourth-order valence-corrected chi connectivity index (χ4v) is 2.39. The van der Waals surface area contributed by atoms with Gasteiger partial charge in [0.05, 0.1) is 0 Å². The number of hydrogen-bond acceptors (Lipinski definition) is 4. The molecule has 1 aromatic carbocycles. The van der Waals surface area contributed by atoms with Crippen molar-refractivity contribution in [1.82, 2.24) is 10.2 Å². The van der Waals surface area contributed by atoms with Gasteiger partial charge in [-0.3, -0.25) is 0 Å². The van der Waals surface area contributed by atoms with Gasteiger partial charge in [0.1, 0.15) is 5.01 Å². The maximum absolute atomic E-state index is 5.93. The number of aryl methyl sites for hydroxylation is 1. The summed E-state index contributed by atoms with van der Waals surface area (Å²) in [5.41, 5.74) is 1.10. The normalized spacial score (nSPS) is 10.4. The number of benzene rings is 1. The smallest absolute Gasteiger partial charge is 0.205 e. The summed E-state index contributed by atoms with van der Waals surface area (Å²) in [6.07, 6.45) is 0. The van der Waals surface area contributed by atoms with Gasteiger partial charge in [0.25, 0.3) is 0 Å². The van der Waals surface area contributed by atoms with Crippen molar-refractivity contribution in [1.29, 1.82) is 0 Å². The van der Waals surface area contributed by atoms with Gasteiger partial charge in [-0.15, -0.1) is 10.2 Å². The van der Waals surface area contributed by atoms with E-state index < -0.39 is 0 Å². The highest BCUT2D eigenvalue weighted by Crippen LogP contribution is 2.23. The molecule has 1 aromatic heterocycles. The summed E-state index contributed by atoms with van der Waals surface area (Å²) in [6, 6.07) is 5.71. The van der Waals surface area contributed by atoms with Crippen LogP contribution in [0, 0.1) is 6.92 Å². The van der Waals surface area contributed by atoms with Crippen molar-refractivity contribution in [3.05, 3.63) is 38.3 Å². The number of rotatable bonds is 3. The topological polar surface area (TPSA) is 37.8 Å². The molecule has 0 spiro atoms. The van der Waals surface area contributed by atoms with Crippen molar-refractivity contribution in [3.8, 4) is 0 Å². The second-order valence-corrected chi connectivity index (χ2v) is 5.69. The molecule has 0 amide bonds. The molecule has 0 bridgehead atoms. The van der Waals surface area contributed by atoms with Gasteiger partial charge < -0.3 is 5.32 Å². The lowest BCUT2D eigenvalue weighted by molar-refractivity contribution is 1.02. The van der Waals surface area contributed by atoms with Crippen molar-refractivity contribution in [2.45, 2.75) is 13.5 Å². The number of aromatic nitrogens is 2. The van der Waals surface area contributed by atoms with Gasteiger partial charge in [-0.2, -0.15) is 0 Å². The van der Waals surface area contributed by atoms with E-state index in [1.807, 2.05) is 25.1 Å². The van der Waals surface area contributed by atoms with Crippen molar-refractivity contribution in [2.24, 2.45) is 0 Å². The molecule has 1 N–H and O–H groups in total. The van der Waals surface area contributed by atoms with E-state index in [2.05, 4.69) is 31.4 Å². The summed E-state index contributed by atoms with van der Waals surface area (Å²) < 4.78 is 1.03. The molecule has 0 aliphatic rings. The lowest BCUT2D eigenvalue weighted by atomic mass is 10.2. The van der Waals surface area contributed by atoms with Crippen LogP contribution in [0.1, 0.15) is 10.6 Å². The largest absolute Gasteiger partial charge is 0.356 e. The summed E-state index contributed by atoms with van der Waals surface area (Å²) in [6.45, 7) is 2.61. The molecule has 0 aliphatic carbocycles. The van der Waals surface area contributed by atoms with Crippen LogP contribution in [0.3, 0.4) is 0 Å². The zero-order valence-electron chi connectivity index (χ0n) is 8.50. The molecule has 0 unspecified atom stereocenters. The third-order valence-corrected chi connectivity index (χ3v) is 3.77. The van der Waals surface area contributed by atoms with Crippen LogP contribution in [-0.4, -0.2) is 10.2 Å². The second kappa shape index (κ2) is 5.12. The van der Waals surface area contributed by atoms with Crippen LogP contribution < -0.4 is 5.32 Å². The minimum absolute atomic E-state index is 0.676. The summed E-state index contributed by atoms with van der Waals surface area (Å²) in [7, 11) is 0. The Morgan fingerprint density at radius 3 is 2.94 bits per heavy atom. The number of hydrogen-bond donors (Lipinski definition) is 1. The fourth-order valence-electron chi connectivity index (χ4n) is 1.22. The van der Waals surface area contributed by atoms with E-state index in [0.717, 1.165) is 25.2 Å². The summed E-state index contributed by atoms with van der Waals surface area (Å²) in [4.78, 5) is 0. The monoisotopic (exact) mass is 317 g/mol. The molecule has 0 saturated heterocycles. The molecule has 2 rings (SSSR count). The van der Waals surface area contributed by atoms with Gasteiger partial charge in [-0.25, -0.2) is 0 Å². The van der Waals surface area contributed by atoms with Crippen LogP contribution >= 0.6 is 38.9 Å². The molecule has 16 heavy (non-hydrogen) atoms. The molecule has 3 nitrogen and oxygen atoms in total. The van der Waals surface area contributed by atoms with Gasteiger partial charge in [-0.1, -0.05) is 38.9 Å². The summed E-state index contributed by atoms with van der Waals surface area (Å²) in [5.74, 6) is 0. The predicted molar refractivity (Wildman–Crippen MR) is 71.1 cm³/mol. The van der Waals surface area contributed by atoms with E-state index in [9.17, 15) is 0 Å². The Morgan fingerprint density at radius 2 is 2.25 bits per heavy atom. The second-order valence-electron chi connectivity index (χ2n) is 3.22. The average Bonchev–Trinajstić information content (AvgIpc) is 2.66. The van der Waals surface area contributed by atoms with Gasteiger partial charge in [0, 0.05) is 16.0 Å². The number of halogens is 2. The first-order valence-electron chi connectivity index (χ1n) is 4.63. The number of anilines is 1. The third-order valence-electron chi connectivity index (χ3n) is 1.96. The molecule has 0 radical (unpaired) electrons. The van der Waals surface area contributed by atoms with E-state index in [1.165, 1.54) is 11.3 Å². The van der Waals surface area contributed by atoms with Crippen LogP contribution in [0.15, 0.2) is 22.7 Å². The van der Waals surface area contributed by atoms with Gasteiger partial charge in [-0.05, 0) is 30.7 Å². The van der Waals surface area contributed by atoms with Crippen LogP contribution in [0.25, 0.3) is 0 Å². The zero-order valence-corrected chi connectivity index (χ0v) is 11.7. The first kappa shape index (κ1) is 11.8. The molecule has 1 heterocycles. The quantitative estimate of drug-likeness (QED) is 0.933.